The van der Waals surface area contributed by atoms with Crippen LogP contribution in [-0.4, -0.2) is 23.9 Å². The number of carbonyl (C=O) groups excluding carboxylic acids is 1. The summed E-state index contributed by atoms with van der Waals surface area (Å²) < 4.78 is 5.68. The Hall–Kier alpha value is -2.56. The molecule has 0 fully saturated rings. The molecule has 0 unspecified atom stereocenters. The molecule has 4 nitrogen and oxygen atoms in total. The van der Waals surface area contributed by atoms with Gasteiger partial charge in [-0.05, 0) is 47.9 Å². The number of nitrogens with one attached hydrogen (secondary N) is 1. The number of halogens is 1. The van der Waals surface area contributed by atoms with Crippen LogP contribution >= 0.6 is 11.6 Å². The third-order valence-electron chi connectivity index (χ3n) is 5.02. The summed E-state index contributed by atoms with van der Waals surface area (Å²) in [6.07, 6.45) is 2.68. The predicted octanol–water partition coefficient (Wildman–Crippen LogP) is 4.46. The van der Waals surface area contributed by atoms with Crippen molar-refractivity contribution >= 4 is 17.5 Å². The lowest BCUT2D eigenvalue weighted by Crippen LogP contribution is -2.40. The molecule has 1 aliphatic heterocycles. The van der Waals surface area contributed by atoms with E-state index in [0.717, 1.165) is 25.3 Å². The molecule has 0 saturated heterocycles. The van der Waals surface area contributed by atoms with E-state index >= 15 is 0 Å². The van der Waals surface area contributed by atoms with Crippen molar-refractivity contribution in [2.45, 2.75) is 19.0 Å². The lowest BCUT2D eigenvalue weighted by atomic mass is 9.98. The zero-order valence-corrected chi connectivity index (χ0v) is 15.7. The Kier molecular flexibility index (Phi) is 5.28. The summed E-state index contributed by atoms with van der Waals surface area (Å²) in [5, 5.41) is 3.59. The Morgan fingerprint density at radius 2 is 1.96 bits per heavy atom. The highest BCUT2D eigenvalue weighted by molar-refractivity contribution is 6.30. The molecule has 2 aromatic carbocycles. The molecule has 0 aliphatic carbocycles. The average molecular weight is 381 g/mol. The molecule has 1 aromatic heterocycles. The smallest absolute Gasteiger partial charge is 0.251 e. The normalized spacial score (nSPS) is 15.1. The minimum atomic E-state index is -0.133. The fourth-order valence-electron chi connectivity index (χ4n) is 3.60. The second-order valence-corrected chi connectivity index (χ2v) is 7.18. The first kappa shape index (κ1) is 17.8. The lowest BCUT2D eigenvalue weighted by molar-refractivity contribution is 0.0919. The van der Waals surface area contributed by atoms with Gasteiger partial charge in [-0.1, -0.05) is 41.9 Å². The van der Waals surface area contributed by atoms with Crippen molar-refractivity contribution in [1.82, 2.24) is 10.2 Å². The molecular weight excluding hydrogens is 360 g/mol. The van der Waals surface area contributed by atoms with E-state index in [4.69, 9.17) is 16.0 Å². The number of amides is 1. The van der Waals surface area contributed by atoms with Gasteiger partial charge in [0.05, 0.1) is 12.3 Å². The molecular formula is C22H21ClN2O2. The molecule has 1 atom stereocenters. The maximum absolute atomic E-state index is 12.5. The Morgan fingerprint density at radius 1 is 1.11 bits per heavy atom. The topological polar surface area (TPSA) is 45.5 Å². The summed E-state index contributed by atoms with van der Waals surface area (Å²) in [6, 6.07) is 19.3. The van der Waals surface area contributed by atoms with Gasteiger partial charge in [-0.15, -0.1) is 0 Å². The van der Waals surface area contributed by atoms with Crippen LogP contribution in [0.1, 0.15) is 33.3 Å². The van der Waals surface area contributed by atoms with Crippen molar-refractivity contribution in [2.75, 3.05) is 13.1 Å². The zero-order chi connectivity index (χ0) is 18.6. The SMILES string of the molecule is O=C(NC[C@H](c1ccco1)N1CCc2ccccc2C1)c1cccc(Cl)c1. The number of furan rings is 1. The highest BCUT2D eigenvalue weighted by Gasteiger charge is 2.27. The molecule has 1 N–H and O–H groups in total. The number of benzene rings is 2. The van der Waals surface area contributed by atoms with Crippen LogP contribution in [0.5, 0.6) is 0 Å². The van der Waals surface area contributed by atoms with Crippen LogP contribution < -0.4 is 5.32 Å². The fourth-order valence-corrected chi connectivity index (χ4v) is 3.79. The van der Waals surface area contributed by atoms with Crippen LogP contribution in [0.2, 0.25) is 5.02 Å². The largest absolute Gasteiger partial charge is 0.468 e. The minimum absolute atomic E-state index is 0.0171. The predicted molar refractivity (Wildman–Crippen MR) is 106 cm³/mol. The molecule has 0 bridgehead atoms. The van der Waals surface area contributed by atoms with Crippen LogP contribution in [0, 0.1) is 0 Å². The highest BCUT2D eigenvalue weighted by atomic mass is 35.5. The van der Waals surface area contributed by atoms with E-state index in [1.165, 1.54) is 11.1 Å². The number of carbonyl (C=O) groups is 1. The molecule has 0 radical (unpaired) electrons. The molecule has 1 amide bonds. The molecule has 1 aliphatic rings. The van der Waals surface area contributed by atoms with Crippen molar-refractivity contribution in [3.63, 3.8) is 0 Å². The monoisotopic (exact) mass is 380 g/mol. The van der Waals surface area contributed by atoms with Gasteiger partial charge >= 0.3 is 0 Å². The lowest BCUT2D eigenvalue weighted by Gasteiger charge is -2.34. The van der Waals surface area contributed by atoms with Gasteiger partial charge in [-0.3, -0.25) is 9.69 Å². The average Bonchev–Trinajstić information content (AvgIpc) is 3.22. The number of fused-ring (bicyclic) bond motifs is 1. The fraction of sp³-hybridized carbons (Fsp3) is 0.227. The number of nitrogens with zero attached hydrogens (tertiary/aromatic N) is 1. The van der Waals surface area contributed by atoms with Gasteiger partial charge in [-0.2, -0.15) is 0 Å². The number of hydrogen-bond acceptors (Lipinski definition) is 3. The van der Waals surface area contributed by atoms with Crippen LogP contribution in [0.4, 0.5) is 0 Å². The Morgan fingerprint density at radius 3 is 2.74 bits per heavy atom. The van der Waals surface area contributed by atoms with Crippen molar-refractivity contribution < 1.29 is 9.21 Å². The van der Waals surface area contributed by atoms with Crippen molar-refractivity contribution in [3.8, 4) is 0 Å². The Bertz CT molecular complexity index is 924. The summed E-state index contributed by atoms with van der Waals surface area (Å²) >= 11 is 6.00. The van der Waals surface area contributed by atoms with E-state index in [9.17, 15) is 4.79 Å². The molecule has 27 heavy (non-hydrogen) atoms. The first-order chi connectivity index (χ1) is 13.2. The first-order valence-electron chi connectivity index (χ1n) is 9.09. The van der Waals surface area contributed by atoms with Gasteiger partial charge in [0, 0.05) is 30.2 Å². The summed E-state index contributed by atoms with van der Waals surface area (Å²) in [5.41, 5.74) is 3.29. The molecule has 5 heteroatoms. The summed E-state index contributed by atoms with van der Waals surface area (Å²) in [7, 11) is 0. The number of rotatable bonds is 5. The van der Waals surface area contributed by atoms with Gasteiger partial charge in [0.2, 0.25) is 0 Å². The van der Waals surface area contributed by atoms with Crippen LogP contribution in [0.3, 0.4) is 0 Å². The van der Waals surface area contributed by atoms with Crippen molar-refractivity contribution in [1.29, 1.82) is 0 Å². The molecule has 0 spiro atoms. The van der Waals surface area contributed by atoms with E-state index in [2.05, 4.69) is 34.5 Å². The van der Waals surface area contributed by atoms with E-state index in [1.807, 2.05) is 12.1 Å². The highest BCUT2D eigenvalue weighted by Crippen LogP contribution is 2.28. The van der Waals surface area contributed by atoms with Gasteiger partial charge in [0.25, 0.3) is 5.91 Å². The molecule has 4 rings (SSSR count). The van der Waals surface area contributed by atoms with Crippen molar-refractivity contribution in [3.05, 3.63) is 94.4 Å². The standard InChI is InChI=1S/C22H21ClN2O2/c23-19-8-3-7-17(13-19)22(26)24-14-20(21-9-4-12-27-21)25-11-10-16-5-1-2-6-18(16)15-25/h1-9,12-13,20H,10-11,14-15H2,(H,24,26)/t20-/m1/s1. The van der Waals surface area contributed by atoms with E-state index in [-0.39, 0.29) is 11.9 Å². The van der Waals surface area contributed by atoms with Crippen LogP contribution in [-0.2, 0) is 13.0 Å². The Balaban J connectivity index is 1.50. The first-order valence-corrected chi connectivity index (χ1v) is 9.46. The van der Waals surface area contributed by atoms with E-state index in [0.29, 0.717) is 17.1 Å². The third-order valence-corrected chi connectivity index (χ3v) is 5.25. The van der Waals surface area contributed by atoms with Gasteiger partial charge < -0.3 is 9.73 Å². The molecule has 2 heterocycles. The van der Waals surface area contributed by atoms with Crippen LogP contribution in [0.25, 0.3) is 0 Å². The summed E-state index contributed by atoms with van der Waals surface area (Å²) in [4.78, 5) is 14.9. The van der Waals surface area contributed by atoms with Gasteiger partial charge in [0.1, 0.15) is 5.76 Å². The Labute approximate surface area is 163 Å². The summed E-state index contributed by atoms with van der Waals surface area (Å²) in [5.74, 6) is 0.729. The van der Waals surface area contributed by atoms with E-state index in [1.54, 1.807) is 30.5 Å². The third kappa shape index (κ3) is 4.07. The van der Waals surface area contributed by atoms with Gasteiger partial charge in [0.15, 0.2) is 0 Å². The van der Waals surface area contributed by atoms with Crippen molar-refractivity contribution in [2.24, 2.45) is 0 Å². The minimum Gasteiger partial charge on any atom is -0.468 e. The van der Waals surface area contributed by atoms with Gasteiger partial charge in [-0.25, -0.2) is 0 Å². The number of hydrogen-bond donors (Lipinski definition) is 1. The second kappa shape index (κ2) is 7.99. The maximum Gasteiger partial charge on any atom is 0.251 e. The zero-order valence-electron chi connectivity index (χ0n) is 14.9. The molecule has 0 saturated carbocycles. The maximum atomic E-state index is 12.5. The quantitative estimate of drug-likeness (QED) is 0.710. The van der Waals surface area contributed by atoms with E-state index < -0.39 is 0 Å². The molecule has 3 aromatic rings. The molecule has 138 valence electrons. The summed E-state index contributed by atoms with van der Waals surface area (Å²) in [6.45, 7) is 2.24. The van der Waals surface area contributed by atoms with Crippen LogP contribution in [0.15, 0.2) is 71.3 Å². The second-order valence-electron chi connectivity index (χ2n) is 6.74.